The van der Waals surface area contributed by atoms with Crippen molar-refractivity contribution in [3.63, 3.8) is 0 Å². The van der Waals surface area contributed by atoms with Crippen LogP contribution in [0.4, 0.5) is 5.69 Å². The van der Waals surface area contributed by atoms with E-state index in [-0.39, 0.29) is 23.4 Å². The number of anilines is 1. The van der Waals surface area contributed by atoms with Gasteiger partial charge in [-0.05, 0) is 74.0 Å². The van der Waals surface area contributed by atoms with Gasteiger partial charge >= 0.3 is 0 Å². The summed E-state index contributed by atoms with van der Waals surface area (Å²) in [5.41, 5.74) is 1.93. The summed E-state index contributed by atoms with van der Waals surface area (Å²) in [6, 6.07) is 23.0. The zero-order chi connectivity index (χ0) is 27.0. The van der Waals surface area contributed by atoms with E-state index in [9.17, 15) is 13.2 Å². The first kappa shape index (κ1) is 27.4. The van der Waals surface area contributed by atoms with Crippen LogP contribution in [-0.4, -0.2) is 52.5 Å². The van der Waals surface area contributed by atoms with Gasteiger partial charge in [-0.15, -0.1) is 6.58 Å². The number of methoxy groups -OCH3 is 1. The molecule has 1 saturated heterocycles. The molecule has 0 bridgehead atoms. The minimum absolute atomic E-state index is 0.0123. The number of nitrogens with zero attached hydrogens (tertiary/aromatic N) is 2. The molecule has 1 aliphatic heterocycles. The number of nitrogens with one attached hydrogen (secondary N) is 1. The first-order valence-corrected chi connectivity index (χ1v) is 14.3. The Morgan fingerprint density at radius 2 is 1.74 bits per heavy atom. The van der Waals surface area contributed by atoms with Gasteiger partial charge in [0.15, 0.2) is 0 Å². The lowest BCUT2D eigenvalue weighted by Crippen LogP contribution is -2.40. The third-order valence-electron chi connectivity index (χ3n) is 6.81. The molecule has 4 rings (SSSR count). The van der Waals surface area contributed by atoms with Crippen LogP contribution in [0.15, 0.2) is 96.4 Å². The molecule has 7 nitrogen and oxygen atoms in total. The van der Waals surface area contributed by atoms with Gasteiger partial charge in [0, 0.05) is 12.1 Å². The van der Waals surface area contributed by atoms with Gasteiger partial charge in [-0.1, -0.05) is 48.9 Å². The van der Waals surface area contributed by atoms with Crippen LogP contribution in [0, 0.1) is 0 Å². The molecular formula is C30H35N3O4S. The smallest absolute Gasteiger partial charge is 0.264 e. The number of ether oxygens (including phenoxy) is 1. The summed E-state index contributed by atoms with van der Waals surface area (Å²) < 4.78 is 33.7. The van der Waals surface area contributed by atoms with Crippen molar-refractivity contribution in [1.29, 1.82) is 0 Å². The molecule has 1 N–H and O–H groups in total. The quantitative estimate of drug-likeness (QED) is 0.350. The molecule has 3 aromatic carbocycles. The summed E-state index contributed by atoms with van der Waals surface area (Å²) in [6.07, 6.45) is 5.01. The van der Waals surface area contributed by atoms with Crippen LogP contribution in [0.5, 0.6) is 5.75 Å². The van der Waals surface area contributed by atoms with Gasteiger partial charge in [0.25, 0.3) is 15.9 Å². The Labute approximate surface area is 225 Å². The number of benzene rings is 3. The normalized spacial score (nSPS) is 14.9. The van der Waals surface area contributed by atoms with Crippen LogP contribution in [0.2, 0.25) is 0 Å². The molecule has 38 heavy (non-hydrogen) atoms. The molecular weight excluding hydrogens is 498 g/mol. The van der Waals surface area contributed by atoms with E-state index >= 15 is 0 Å². The van der Waals surface area contributed by atoms with Crippen molar-refractivity contribution in [3.05, 3.63) is 103 Å². The molecule has 1 atom stereocenters. The monoisotopic (exact) mass is 533 g/mol. The van der Waals surface area contributed by atoms with Gasteiger partial charge < -0.3 is 10.1 Å². The Morgan fingerprint density at radius 1 is 1.03 bits per heavy atom. The van der Waals surface area contributed by atoms with Crippen LogP contribution >= 0.6 is 0 Å². The topological polar surface area (TPSA) is 79.0 Å². The van der Waals surface area contributed by atoms with E-state index in [1.54, 1.807) is 49.6 Å². The minimum Gasteiger partial charge on any atom is -0.497 e. The highest BCUT2D eigenvalue weighted by Gasteiger charge is 2.26. The standard InChI is InChI=1S/C30H35N3O4S/c1-3-19-33(26-12-6-4-7-13-26)38(35,36)28-14-10-11-25(22-28)30(34)31-23-29(32-20-8-5-9-21-32)24-15-17-27(37-2)18-16-24/h3-4,6-7,10-18,22,29H,1,5,8-9,19-21,23H2,2H3,(H,31,34)/t29-/m1/s1. The molecule has 0 saturated carbocycles. The van der Waals surface area contributed by atoms with E-state index in [4.69, 9.17) is 4.74 Å². The predicted molar refractivity (Wildman–Crippen MR) is 151 cm³/mol. The van der Waals surface area contributed by atoms with Gasteiger partial charge in [-0.3, -0.25) is 14.0 Å². The van der Waals surface area contributed by atoms with Crippen LogP contribution in [0.1, 0.15) is 41.2 Å². The Balaban J connectivity index is 1.54. The van der Waals surface area contributed by atoms with Crippen molar-refractivity contribution in [1.82, 2.24) is 10.2 Å². The van der Waals surface area contributed by atoms with Crippen molar-refractivity contribution < 1.29 is 17.9 Å². The summed E-state index contributed by atoms with van der Waals surface area (Å²) in [5.74, 6) is 0.474. The summed E-state index contributed by atoms with van der Waals surface area (Å²) in [7, 11) is -2.27. The molecule has 0 unspecified atom stereocenters. The highest BCUT2D eigenvalue weighted by atomic mass is 32.2. The van der Waals surface area contributed by atoms with Gasteiger partial charge in [-0.2, -0.15) is 0 Å². The van der Waals surface area contributed by atoms with Gasteiger partial charge in [0.2, 0.25) is 0 Å². The molecule has 0 aromatic heterocycles. The van der Waals surface area contributed by atoms with Crippen LogP contribution in [0.3, 0.4) is 0 Å². The Morgan fingerprint density at radius 3 is 2.39 bits per heavy atom. The average Bonchev–Trinajstić information content (AvgIpc) is 2.97. The van der Waals surface area contributed by atoms with E-state index in [0.29, 0.717) is 17.8 Å². The maximum Gasteiger partial charge on any atom is 0.264 e. The molecule has 200 valence electrons. The van der Waals surface area contributed by atoms with Gasteiger partial charge in [-0.25, -0.2) is 8.42 Å². The van der Waals surface area contributed by atoms with Crippen LogP contribution in [-0.2, 0) is 10.0 Å². The molecule has 1 aliphatic rings. The first-order chi connectivity index (χ1) is 18.4. The Hall–Kier alpha value is -3.62. The second kappa shape index (κ2) is 12.8. The number of carbonyl (C=O) groups excluding carboxylic acids is 1. The van der Waals surface area contributed by atoms with E-state index in [1.807, 2.05) is 30.3 Å². The number of para-hydroxylation sites is 1. The van der Waals surface area contributed by atoms with Crippen molar-refractivity contribution in [3.8, 4) is 5.75 Å². The molecule has 1 fully saturated rings. The van der Waals surface area contributed by atoms with Crippen molar-refractivity contribution >= 4 is 21.6 Å². The third kappa shape index (κ3) is 6.44. The van der Waals surface area contributed by atoms with Gasteiger partial charge in [0.05, 0.1) is 30.3 Å². The van der Waals surface area contributed by atoms with Gasteiger partial charge in [0.1, 0.15) is 5.75 Å². The number of amides is 1. The van der Waals surface area contributed by atoms with Crippen LogP contribution < -0.4 is 14.4 Å². The van der Waals surface area contributed by atoms with Crippen molar-refractivity contribution in [2.24, 2.45) is 0 Å². The fourth-order valence-electron chi connectivity index (χ4n) is 4.78. The lowest BCUT2D eigenvalue weighted by atomic mass is 10.0. The number of sulfonamides is 1. The van der Waals surface area contributed by atoms with E-state index < -0.39 is 10.0 Å². The maximum absolute atomic E-state index is 13.5. The summed E-state index contributed by atoms with van der Waals surface area (Å²) in [6.45, 7) is 6.18. The number of piperidine rings is 1. The predicted octanol–water partition coefficient (Wildman–Crippen LogP) is 5.03. The summed E-state index contributed by atoms with van der Waals surface area (Å²) in [4.78, 5) is 15.7. The molecule has 8 heteroatoms. The molecule has 0 spiro atoms. The number of hydrogen-bond acceptors (Lipinski definition) is 5. The highest BCUT2D eigenvalue weighted by Crippen LogP contribution is 2.27. The molecule has 0 radical (unpaired) electrons. The van der Waals surface area contributed by atoms with Crippen LogP contribution in [0.25, 0.3) is 0 Å². The summed E-state index contributed by atoms with van der Waals surface area (Å²) >= 11 is 0. The number of hydrogen-bond donors (Lipinski definition) is 1. The fourth-order valence-corrected chi connectivity index (χ4v) is 6.27. The van der Waals surface area contributed by atoms with Crippen molar-refractivity contribution in [2.45, 2.75) is 30.2 Å². The molecule has 3 aromatic rings. The van der Waals surface area contributed by atoms with E-state index in [0.717, 1.165) is 37.2 Å². The van der Waals surface area contributed by atoms with Crippen molar-refractivity contribution in [2.75, 3.05) is 37.6 Å². The lowest BCUT2D eigenvalue weighted by Gasteiger charge is -2.35. The first-order valence-electron chi connectivity index (χ1n) is 12.9. The lowest BCUT2D eigenvalue weighted by molar-refractivity contribution is 0.0924. The number of carbonyl (C=O) groups is 1. The largest absolute Gasteiger partial charge is 0.497 e. The zero-order valence-corrected chi connectivity index (χ0v) is 22.6. The zero-order valence-electron chi connectivity index (χ0n) is 21.8. The SMILES string of the molecule is C=CCN(c1ccccc1)S(=O)(=O)c1cccc(C(=O)NC[C@H](c2ccc(OC)cc2)N2CCCCC2)c1. The van der Waals surface area contributed by atoms with E-state index in [2.05, 4.69) is 16.8 Å². The number of likely N-dealkylation sites (tertiary alicyclic amines) is 1. The summed E-state index contributed by atoms with van der Waals surface area (Å²) in [5, 5.41) is 3.05. The average molecular weight is 534 g/mol. The molecule has 0 aliphatic carbocycles. The minimum atomic E-state index is -3.91. The fraction of sp³-hybridized carbons (Fsp3) is 0.300. The Kier molecular flexibility index (Phi) is 9.20. The number of rotatable bonds is 11. The maximum atomic E-state index is 13.5. The highest BCUT2D eigenvalue weighted by molar-refractivity contribution is 7.92. The second-order valence-corrected chi connectivity index (χ2v) is 11.1. The third-order valence-corrected chi connectivity index (χ3v) is 8.60. The Bertz CT molecular complexity index is 1320. The second-order valence-electron chi connectivity index (χ2n) is 9.28. The molecule has 1 heterocycles. The van der Waals surface area contributed by atoms with E-state index in [1.165, 1.54) is 22.9 Å². The molecule has 1 amide bonds.